The van der Waals surface area contributed by atoms with Crippen molar-refractivity contribution in [3.05, 3.63) is 64.0 Å². The Morgan fingerprint density at radius 2 is 2.07 bits per heavy atom. The van der Waals surface area contributed by atoms with Gasteiger partial charge < -0.3 is 9.84 Å². The number of imide groups is 1. The summed E-state index contributed by atoms with van der Waals surface area (Å²) in [5, 5.41) is 8.99. The minimum atomic E-state index is -0.920. The number of carbonyl (C=O) groups excluding carboxylic acids is 2. The van der Waals surface area contributed by atoms with Crippen molar-refractivity contribution in [1.82, 2.24) is 15.4 Å². The summed E-state index contributed by atoms with van der Waals surface area (Å²) in [6, 6.07) is 13.0. The van der Waals surface area contributed by atoms with Gasteiger partial charge in [-0.1, -0.05) is 35.5 Å². The molecule has 3 aromatic rings. The number of amides is 3. The number of nitrogens with zero attached hydrogens (tertiary/aromatic N) is 2. The van der Waals surface area contributed by atoms with Crippen molar-refractivity contribution in [2.24, 2.45) is 0 Å². The zero-order valence-electron chi connectivity index (χ0n) is 14.5. The Hall–Kier alpha value is -2.93. The molecule has 1 N–H and O–H groups in total. The number of rotatable bonds is 3. The SMILES string of the molecule is O=C1NC2(CCCc3sccc32)C(=O)N1Cc1cc(-c2ccccc2)on1. The van der Waals surface area contributed by atoms with Gasteiger partial charge in [0.1, 0.15) is 11.2 Å². The minimum Gasteiger partial charge on any atom is -0.356 e. The van der Waals surface area contributed by atoms with Crippen LogP contribution in [-0.2, 0) is 23.3 Å². The van der Waals surface area contributed by atoms with Gasteiger partial charge in [0, 0.05) is 22.1 Å². The third-order valence-electron chi connectivity index (χ3n) is 5.27. The first-order valence-corrected chi connectivity index (χ1v) is 9.77. The zero-order chi connectivity index (χ0) is 18.4. The predicted molar refractivity (Wildman–Crippen MR) is 100.0 cm³/mol. The molecule has 1 aliphatic carbocycles. The van der Waals surface area contributed by atoms with E-state index in [2.05, 4.69) is 10.5 Å². The molecule has 1 aliphatic heterocycles. The molecule has 1 fully saturated rings. The fraction of sp³-hybridized carbons (Fsp3) is 0.250. The van der Waals surface area contributed by atoms with Crippen molar-refractivity contribution < 1.29 is 14.1 Å². The summed E-state index contributed by atoms with van der Waals surface area (Å²) in [5.41, 5.74) is 1.48. The van der Waals surface area contributed by atoms with E-state index < -0.39 is 5.54 Å². The molecule has 5 rings (SSSR count). The second-order valence-electron chi connectivity index (χ2n) is 6.89. The first-order chi connectivity index (χ1) is 13.2. The summed E-state index contributed by atoms with van der Waals surface area (Å²) in [7, 11) is 0. The number of hydrogen-bond donors (Lipinski definition) is 1. The van der Waals surface area contributed by atoms with Gasteiger partial charge in [-0.2, -0.15) is 0 Å². The highest BCUT2D eigenvalue weighted by atomic mass is 32.1. The summed E-state index contributed by atoms with van der Waals surface area (Å²) in [6.45, 7) is 0.0994. The predicted octanol–water partition coefficient (Wildman–Crippen LogP) is 3.69. The number of fused-ring (bicyclic) bond motifs is 2. The highest BCUT2D eigenvalue weighted by Gasteiger charge is 2.54. The average molecular weight is 379 g/mol. The van der Waals surface area contributed by atoms with E-state index in [-0.39, 0.29) is 18.5 Å². The molecule has 1 atom stereocenters. The van der Waals surface area contributed by atoms with E-state index in [1.807, 2.05) is 41.8 Å². The summed E-state index contributed by atoms with van der Waals surface area (Å²) in [5.74, 6) is 0.418. The van der Waals surface area contributed by atoms with E-state index in [0.717, 1.165) is 24.0 Å². The van der Waals surface area contributed by atoms with E-state index in [1.165, 1.54) is 9.78 Å². The maximum absolute atomic E-state index is 13.2. The van der Waals surface area contributed by atoms with E-state index >= 15 is 0 Å². The quantitative estimate of drug-likeness (QED) is 0.704. The number of urea groups is 1. The van der Waals surface area contributed by atoms with E-state index in [1.54, 1.807) is 17.4 Å². The molecule has 6 nitrogen and oxygen atoms in total. The Labute approximate surface area is 159 Å². The Kier molecular flexibility index (Phi) is 3.65. The van der Waals surface area contributed by atoms with Crippen LogP contribution in [0.25, 0.3) is 11.3 Å². The van der Waals surface area contributed by atoms with Crippen LogP contribution in [-0.4, -0.2) is 22.0 Å². The van der Waals surface area contributed by atoms with Crippen LogP contribution in [0.5, 0.6) is 0 Å². The molecule has 1 spiro atoms. The molecule has 0 radical (unpaired) electrons. The van der Waals surface area contributed by atoms with E-state index in [4.69, 9.17) is 4.52 Å². The number of thiophene rings is 1. The maximum Gasteiger partial charge on any atom is 0.325 e. The Balaban J connectivity index is 1.42. The topological polar surface area (TPSA) is 75.4 Å². The van der Waals surface area contributed by atoms with Gasteiger partial charge >= 0.3 is 6.03 Å². The van der Waals surface area contributed by atoms with Crippen LogP contribution >= 0.6 is 11.3 Å². The second-order valence-corrected chi connectivity index (χ2v) is 7.89. The fourth-order valence-electron chi connectivity index (χ4n) is 3.97. The number of nitrogens with one attached hydrogen (secondary N) is 1. The Morgan fingerprint density at radius 3 is 2.93 bits per heavy atom. The molecular formula is C20H17N3O3S. The lowest BCUT2D eigenvalue weighted by Crippen LogP contribution is -2.46. The monoisotopic (exact) mass is 379 g/mol. The molecule has 7 heteroatoms. The van der Waals surface area contributed by atoms with Gasteiger partial charge in [-0.05, 0) is 30.7 Å². The first kappa shape index (κ1) is 16.3. The molecule has 27 heavy (non-hydrogen) atoms. The number of benzene rings is 1. The van der Waals surface area contributed by atoms with Crippen molar-refractivity contribution in [3.8, 4) is 11.3 Å². The average Bonchev–Trinajstić information content (AvgIpc) is 3.40. The lowest BCUT2D eigenvalue weighted by Gasteiger charge is -2.31. The molecule has 0 saturated carbocycles. The van der Waals surface area contributed by atoms with Gasteiger partial charge in [0.15, 0.2) is 5.76 Å². The van der Waals surface area contributed by atoms with Gasteiger partial charge in [0.25, 0.3) is 5.91 Å². The fourth-order valence-corrected chi connectivity index (χ4v) is 4.97. The normalized spacial score (nSPS) is 21.6. The molecule has 3 amide bonds. The van der Waals surface area contributed by atoms with Crippen LogP contribution in [0.1, 0.15) is 29.0 Å². The van der Waals surface area contributed by atoms with Crippen LogP contribution in [0, 0.1) is 0 Å². The van der Waals surface area contributed by atoms with Crippen molar-refractivity contribution in [2.45, 2.75) is 31.3 Å². The molecule has 2 aliphatic rings. The van der Waals surface area contributed by atoms with Gasteiger partial charge in [-0.3, -0.25) is 9.69 Å². The summed E-state index contributed by atoms with van der Waals surface area (Å²) in [6.07, 6.45) is 2.48. The highest BCUT2D eigenvalue weighted by Crippen LogP contribution is 2.42. The van der Waals surface area contributed by atoms with Gasteiger partial charge in [0.05, 0.1) is 6.54 Å². The smallest absolute Gasteiger partial charge is 0.325 e. The second kappa shape index (κ2) is 6.06. The Morgan fingerprint density at radius 1 is 1.22 bits per heavy atom. The minimum absolute atomic E-state index is 0.0994. The van der Waals surface area contributed by atoms with Crippen molar-refractivity contribution >= 4 is 23.3 Å². The standard InChI is InChI=1S/C20H17N3O3S/c24-18-20(9-4-7-17-15(20)8-10-27-17)21-19(25)23(18)12-14-11-16(26-22-14)13-5-2-1-3-6-13/h1-3,5-6,8,10-11H,4,7,9,12H2,(H,21,25). The third kappa shape index (κ3) is 2.49. The molecule has 2 aromatic heterocycles. The van der Waals surface area contributed by atoms with Gasteiger partial charge in [0.2, 0.25) is 0 Å². The number of carbonyl (C=O) groups is 2. The molecule has 0 bridgehead atoms. The molecule has 1 unspecified atom stereocenters. The van der Waals surface area contributed by atoms with Crippen LogP contribution in [0.15, 0.2) is 52.4 Å². The largest absolute Gasteiger partial charge is 0.356 e. The van der Waals surface area contributed by atoms with Crippen molar-refractivity contribution in [2.75, 3.05) is 0 Å². The highest BCUT2D eigenvalue weighted by molar-refractivity contribution is 7.10. The van der Waals surface area contributed by atoms with Crippen molar-refractivity contribution in [1.29, 1.82) is 0 Å². The number of aryl methyl sites for hydroxylation is 1. The maximum atomic E-state index is 13.2. The lowest BCUT2D eigenvalue weighted by molar-refractivity contribution is -0.132. The summed E-state index contributed by atoms with van der Waals surface area (Å²) < 4.78 is 5.39. The molecule has 1 aromatic carbocycles. The van der Waals surface area contributed by atoms with Crippen LogP contribution in [0.4, 0.5) is 4.79 Å². The van der Waals surface area contributed by atoms with Gasteiger partial charge in [-0.25, -0.2) is 4.79 Å². The summed E-state index contributed by atoms with van der Waals surface area (Å²) >= 11 is 1.65. The van der Waals surface area contributed by atoms with Crippen LogP contribution in [0.2, 0.25) is 0 Å². The first-order valence-electron chi connectivity index (χ1n) is 8.89. The van der Waals surface area contributed by atoms with Gasteiger partial charge in [-0.15, -0.1) is 11.3 Å². The lowest BCUT2D eigenvalue weighted by atomic mass is 9.80. The molecule has 1 saturated heterocycles. The van der Waals surface area contributed by atoms with E-state index in [0.29, 0.717) is 17.9 Å². The molecular weight excluding hydrogens is 362 g/mol. The van der Waals surface area contributed by atoms with Crippen LogP contribution in [0.3, 0.4) is 0 Å². The molecule has 136 valence electrons. The van der Waals surface area contributed by atoms with Crippen LogP contribution < -0.4 is 5.32 Å². The number of hydrogen-bond acceptors (Lipinski definition) is 5. The summed E-state index contributed by atoms with van der Waals surface area (Å²) in [4.78, 5) is 28.3. The van der Waals surface area contributed by atoms with Crippen molar-refractivity contribution in [3.63, 3.8) is 0 Å². The molecule has 3 heterocycles. The third-order valence-corrected chi connectivity index (χ3v) is 6.25. The number of aromatic nitrogens is 1. The van der Waals surface area contributed by atoms with E-state index in [9.17, 15) is 9.59 Å². The zero-order valence-corrected chi connectivity index (χ0v) is 15.3. The Bertz CT molecular complexity index is 1030.